The minimum Gasteiger partial charge on any atom is -0.494 e. The van der Waals surface area contributed by atoms with Crippen molar-refractivity contribution in [2.75, 3.05) is 24.8 Å². The molecule has 2 amide bonds. The standard InChI is InChI=1S/C18H19N8O3/c1-10(27)21-14-8-13(15(24-23-14)18(28)19-2)22-12-7-5-6-11(16(12)29-4)17-20-9-26(3)25-17/h5-9H,1H2,2-4H3,(H,19,28)(H2,21,22,23,27). The molecule has 149 valence electrons. The largest absolute Gasteiger partial charge is 0.494 e. The summed E-state index contributed by atoms with van der Waals surface area (Å²) in [6.07, 6.45) is 1.58. The highest BCUT2D eigenvalue weighted by Crippen LogP contribution is 2.37. The fraction of sp³-hybridized carbons (Fsp3) is 0.167. The average Bonchev–Trinajstić information content (AvgIpc) is 3.13. The van der Waals surface area contributed by atoms with Gasteiger partial charge in [-0.05, 0) is 12.1 Å². The maximum Gasteiger partial charge on any atom is 0.273 e. The first-order valence-corrected chi connectivity index (χ1v) is 8.45. The van der Waals surface area contributed by atoms with Crippen molar-refractivity contribution in [3.05, 3.63) is 43.2 Å². The zero-order valence-electron chi connectivity index (χ0n) is 16.1. The summed E-state index contributed by atoms with van der Waals surface area (Å²) < 4.78 is 7.15. The van der Waals surface area contributed by atoms with Gasteiger partial charge in [-0.2, -0.15) is 5.10 Å². The number of para-hydroxylation sites is 1. The van der Waals surface area contributed by atoms with Crippen molar-refractivity contribution in [1.29, 1.82) is 0 Å². The Morgan fingerprint density at radius 3 is 2.62 bits per heavy atom. The van der Waals surface area contributed by atoms with Crippen LogP contribution in [-0.4, -0.2) is 50.9 Å². The number of benzene rings is 1. The second kappa shape index (κ2) is 8.33. The third-order valence-corrected chi connectivity index (χ3v) is 3.83. The molecule has 29 heavy (non-hydrogen) atoms. The summed E-state index contributed by atoms with van der Waals surface area (Å²) >= 11 is 0. The van der Waals surface area contributed by atoms with E-state index in [0.717, 1.165) is 0 Å². The molecular formula is C18H19N8O3. The normalized spacial score (nSPS) is 10.3. The van der Waals surface area contributed by atoms with E-state index in [1.165, 1.54) is 20.2 Å². The van der Waals surface area contributed by atoms with Crippen LogP contribution >= 0.6 is 0 Å². The van der Waals surface area contributed by atoms with Gasteiger partial charge in [0.25, 0.3) is 5.91 Å². The molecule has 11 nitrogen and oxygen atoms in total. The first kappa shape index (κ1) is 19.7. The molecule has 1 aromatic carbocycles. The van der Waals surface area contributed by atoms with Gasteiger partial charge in [0.15, 0.2) is 23.1 Å². The summed E-state index contributed by atoms with van der Waals surface area (Å²) in [5.41, 5.74) is 1.56. The van der Waals surface area contributed by atoms with Gasteiger partial charge >= 0.3 is 0 Å². The first-order valence-electron chi connectivity index (χ1n) is 8.45. The Kier molecular flexibility index (Phi) is 5.67. The molecule has 3 N–H and O–H groups in total. The van der Waals surface area contributed by atoms with Crippen LogP contribution < -0.4 is 20.7 Å². The molecule has 0 fully saturated rings. The number of anilines is 3. The zero-order valence-corrected chi connectivity index (χ0v) is 16.1. The van der Waals surface area contributed by atoms with Crippen molar-refractivity contribution >= 4 is 29.0 Å². The molecule has 0 aliphatic carbocycles. The van der Waals surface area contributed by atoms with Gasteiger partial charge in [-0.3, -0.25) is 14.3 Å². The van der Waals surface area contributed by atoms with Gasteiger partial charge in [0.2, 0.25) is 5.91 Å². The van der Waals surface area contributed by atoms with E-state index in [1.54, 1.807) is 30.2 Å². The number of carbonyl (C=O) groups is 2. The molecule has 0 aliphatic heterocycles. The van der Waals surface area contributed by atoms with Gasteiger partial charge in [0.1, 0.15) is 6.33 Å². The minimum atomic E-state index is -0.557. The van der Waals surface area contributed by atoms with Crippen LogP contribution in [0.1, 0.15) is 10.5 Å². The molecule has 2 aromatic heterocycles. The monoisotopic (exact) mass is 395 g/mol. The third-order valence-electron chi connectivity index (χ3n) is 3.83. The highest BCUT2D eigenvalue weighted by Gasteiger charge is 2.19. The number of aromatic nitrogens is 5. The second-order valence-corrected chi connectivity index (χ2v) is 5.87. The second-order valence-electron chi connectivity index (χ2n) is 5.87. The lowest BCUT2D eigenvalue weighted by atomic mass is 10.1. The highest BCUT2D eigenvalue weighted by molar-refractivity contribution is 6.00. The van der Waals surface area contributed by atoms with Crippen molar-refractivity contribution in [3.8, 4) is 17.1 Å². The molecule has 11 heteroatoms. The number of amides is 2. The third kappa shape index (κ3) is 4.29. The number of nitrogens with one attached hydrogen (secondary N) is 3. The number of rotatable bonds is 6. The number of methoxy groups -OCH3 is 1. The molecule has 2 heterocycles. The summed E-state index contributed by atoms with van der Waals surface area (Å²) in [5.74, 6) is 0.0907. The number of carbonyl (C=O) groups excluding carboxylic acids is 2. The summed E-state index contributed by atoms with van der Waals surface area (Å²) in [5, 5.41) is 20.1. The van der Waals surface area contributed by atoms with E-state index in [1.807, 2.05) is 6.07 Å². The van der Waals surface area contributed by atoms with E-state index in [-0.39, 0.29) is 11.5 Å². The number of nitrogens with zero attached hydrogens (tertiary/aromatic N) is 5. The Labute approximate surface area is 166 Å². The molecule has 0 saturated heterocycles. The molecule has 0 atom stereocenters. The Hall–Kier alpha value is -4.02. The first-order chi connectivity index (χ1) is 13.9. The quantitative estimate of drug-likeness (QED) is 0.566. The molecule has 0 bridgehead atoms. The number of hydrogen-bond donors (Lipinski definition) is 3. The van der Waals surface area contributed by atoms with Crippen LogP contribution in [0.2, 0.25) is 0 Å². The van der Waals surface area contributed by atoms with Gasteiger partial charge in [-0.1, -0.05) is 6.07 Å². The van der Waals surface area contributed by atoms with E-state index in [0.29, 0.717) is 28.5 Å². The summed E-state index contributed by atoms with van der Waals surface area (Å²) in [6, 6.07) is 6.85. The van der Waals surface area contributed by atoms with Gasteiger partial charge in [-0.25, -0.2) is 4.98 Å². The average molecular weight is 395 g/mol. The predicted molar refractivity (Wildman–Crippen MR) is 106 cm³/mol. The van der Waals surface area contributed by atoms with Crippen LogP contribution in [0.3, 0.4) is 0 Å². The van der Waals surface area contributed by atoms with Crippen molar-refractivity contribution < 1.29 is 14.3 Å². The molecule has 3 aromatic rings. The van der Waals surface area contributed by atoms with Crippen LogP contribution in [0.5, 0.6) is 5.75 Å². The fourth-order valence-corrected chi connectivity index (χ4v) is 2.62. The van der Waals surface area contributed by atoms with Crippen LogP contribution in [0, 0.1) is 6.92 Å². The van der Waals surface area contributed by atoms with E-state index >= 15 is 0 Å². The topological polar surface area (TPSA) is 136 Å². The minimum absolute atomic E-state index is 0.0398. The summed E-state index contributed by atoms with van der Waals surface area (Å²) in [6.45, 7) is 3.24. The van der Waals surface area contributed by atoms with Crippen molar-refractivity contribution in [2.45, 2.75) is 0 Å². The Balaban J connectivity index is 2.06. The molecule has 3 rings (SSSR count). The zero-order chi connectivity index (χ0) is 21.0. The Morgan fingerprint density at radius 2 is 2.00 bits per heavy atom. The van der Waals surface area contributed by atoms with Gasteiger partial charge in [-0.15, -0.1) is 10.2 Å². The molecule has 0 aliphatic rings. The SMILES string of the molecule is [CH2]C(=O)Nc1cc(Nc2cccc(-c3ncn(C)n3)c2OC)c(C(=O)NC)nn1. The van der Waals surface area contributed by atoms with Crippen LogP contribution in [0.25, 0.3) is 11.4 Å². The molecule has 0 unspecified atom stereocenters. The summed E-state index contributed by atoms with van der Waals surface area (Å²) in [7, 11) is 4.76. The lowest BCUT2D eigenvalue weighted by molar-refractivity contribution is -0.112. The molecule has 0 saturated carbocycles. The number of aryl methyl sites for hydroxylation is 1. The maximum atomic E-state index is 12.2. The van der Waals surface area contributed by atoms with E-state index in [4.69, 9.17) is 4.74 Å². The van der Waals surface area contributed by atoms with Crippen LogP contribution in [-0.2, 0) is 11.8 Å². The number of ether oxygens (including phenoxy) is 1. The predicted octanol–water partition coefficient (Wildman–Crippen LogP) is 1.16. The smallest absolute Gasteiger partial charge is 0.273 e. The van der Waals surface area contributed by atoms with Gasteiger partial charge < -0.3 is 20.7 Å². The van der Waals surface area contributed by atoms with Crippen LogP contribution in [0.15, 0.2) is 30.6 Å². The van der Waals surface area contributed by atoms with Crippen molar-refractivity contribution in [3.63, 3.8) is 0 Å². The van der Waals surface area contributed by atoms with Crippen molar-refractivity contribution in [1.82, 2.24) is 30.3 Å². The lowest BCUT2D eigenvalue weighted by Gasteiger charge is -2.16. The molecular weight excluding hydrogens is 376 g/mol. The van der Waals surface area contributed by atoms with Crippen LogP contribution in [0.4, 0.5) is 17.2 Å². The Morgan fingerprint density at radius 1 is 1.21 bits per heavy atom. The maximum absolute atomic E-state index is 12.2. The lowest BCUT2D eigenvalue weighted by Crippen LogP contribution is -2.22. The molecule has 0 spiro atoms. The van der Waals surface area contributed by atoms with E-state index < -0.39 is 11.8 Å². The van der Waals surface area contributed by atoms with Crippen molar-refractivity contribution in [2.24, 2.45) is 7.05 Å². The Bertz CT molecular complexity index is 1060. The summed E-state index contributed by atoms with van der Waals surface area (Å²) in [4.78, 5) is 27.7. The number of hydrogen-bond acceptors (Lipinski definition) is 8. The van der Waals surface area contributed by atoms with E-state index in [9.17, 15) is 9.59 Å². The molecule has 1 radical (unpaired) electrons. The highest BCUT2D eigenvalue weighted by atomic mass is 16.5. The van der Waals surface area contributed by atoms with E-state index in [2.05, 4.69) is 43.2 Å². The fourth-order valence-electron chi connectivity index (χ4n) is 2.62. The van der Waals surface area contributed by atoms with Gasteiger partial charge in [0, 0.05) is 27.1 Å². The van der Waals surface area contributed by atoms with Gasteiger partial charge in [0.05, 0.1) is 24.0 Å².